The highest BCUT2D eigenvalue weighted by atomic mass is 79.9. The van der Waals surface area contributed by atoms with E-state index in [0.717, 1.165) is 13.0 Å². The molecule has 2 aliphatic rings. The summed E-state index contributed by atoms with van der Waals surface area (Å²) < 4.78 is 19.6. The summed E-state index contributed by atoms with van der Waals surface area (Å²) in [5.41, 5.74) is 0.165. The topological polar surface area (TPSA) is 58.6 Å². The average Bonchev–Trinajstić information content (AvgIpc) is 3.03. The third-order valence-corrected chi connectivity index (χ3v) is 6.34. The molecule has 0 radical (unpaired) electrons. The molecule has 2 amide bonds. The molecule has 1 aromatic carbocycles. The number of amides is 2. The van der Waals surface area contributed by atoms with Gasteiger partial charge in [-0.3, -0.25) is 9.59 Å². The lowest BCUT2D eigenvalue weighted by atomic mass is 9.57. The van der Waals surface area contributed by atoms with Crippen LogP contribution >= 0.6 is 15.9 Å². The Morgan fingerprint density at radius 1 is 1.42 bits per heavy atom. The third kappa shape index (κ3) is 3.39. The molecular formula is C19H24BrFN2O3. The Bertz CT molecular complexity index is 725. The van der Waals surface area contributed by atoms with E-state index >= 15 is 0 Å². The van der Waals surface area contributed by atoms with Gasteiger partial charge in [-0.2, -0.15) is 0 Å². The monoisotopic (exact) mass is 426 g/mol. The van der Waals surface area contributed by atoms with Gasteiger partial charge >= 0.3 is 0 Å². The van der Waals surface area contributed by atoms with Crippen LogP contribution in [-0.2, 0) is 9.53 Å². The molecule has 7 heteroatoms. The number of rotatable bonds is 5. The summed E-state index contributed by atoms with van der Waals surface area (Å²) in [7, 11) is 1.83. The predicted molar refractivity (Wildman–Crippen MR) is 99.2 cm³/mol. The first-order valence-corrected chi connectivity index (χ1v) is 9.63. The predicted octanol–water partition coefficient (Wildman–Crippen LogP) is 2.98. The zero-order valence-corrected chi connectivity index (χ0v) is 16.8. The number of carbonyl (C=O) groups excluding carboxylic acids is 2. The van der Waals surface area contributed by atoms with E-state index in [2.05, 4.69) is 35.1 Å². The molecule has 0 unspecified atom stereocenters. The van der Waals surface area contributed by atoms with Crippen molar-refractivity contribution in [3.8, 4) is 0 Å². The molecule has 1 aliphatic carbocycles. The highest BCUT2D eigenvalue weighted by molar-refractivity contribution is 9.10. The lowest BCUT2D eigenvalue weighted by Gasteiger charge is -2.57. The van der Waals surface area contributed by atoms with Crippen molar-refractivity contribution in [1.29, 1.82) is 0 Å². The second-order valence-electron chi connectivity index (χ2n) is 7.64. The number of fused-ring (bicyclic) bond motifs is 1. The summed E-state index contributed by atoms with van der Waals surface area (Å²) in [5, 5.41) is 2.69. The lowest BCUT2D eigenvalue weighted by Crippen LogP contribution is -2.67. The fourth-order valence-electron chi connectivity index (χ4n) is 4.47. The van der Waals surface area contributed by atoms with Gasteiger partial charge in [0.25, 0.3) is 5.91 Å². The molecule has 3 atom stereocenters. The first-order chi connectivity index (χ1) is 12.2. The Labute approximate surface area is 161 Å². The van der Waals surface area contributed by atoms with Crippen molar-refractivity contribution >= 4 is 27.7 Å². The Balaban J connectivity index is 1.53. The van der Waals surface area contributed by atoms with Crippen LogP contribution < -0.4 is 5.32 Å². The number of hydrogen-bond acceptors (Lipinski definition) is 3. The molecular weight excluding hydrogens is 403 g/mol. The number of nitrogens with one attached hydrogen (secondary N) is 1. The Hall–Kier alpha value is -1.47. The molecule has 1 saturated heterocycles. The van der Waals surface area contributed by atoms with Gasteiger partial charge in [-0.05, 0) is 40.5 Å². The zero-order valence-electron chi connectivity index (χ0n) is 15.2. The number of hydrogen-bond donors (Lipinski definition) is 1. The van der Waals surface area contributed by atoms with Crippen LogP contribution in [-0.4, -0.2) is 49.1 Å². The van der Waals surface area contributed by atoms with Gasteiger partial charge in [-0.1, -0.05) is 13.8 Å². The fourth-order valence-corrected chi connectivity index (χ4v) is 4.89. The lowest BCUT2D eigenvalue weighted by molar-refractivity contribution is -0.167. The smallest absolute Gasteiger partial charge is 0.252 e. The van der Waals surface area contributed by atoms with Crippen LogP contribution in [0.3, 0.4) is 0 Å². The summed E-state index contributed by atoms with van der Waals surface area (Å²) in [6.45, 7) is 5.24. The number of benzene rings is 1. The molecule has 1 saturated carbocycles. The van der Waals surface area contributed by atoms with Gasteiger partial charge in [0.05, 0.1) is 11.7 Å². The molecule has 26 heavy (non-hydrogen) atoms. The average molecular weight is 427 g/mol. The quantitative estimate of drug-likeness (QED) is 0.786. The van der Waals surface area contributed by atoms with E-state index < -0.39 is 11.7 Å². The van der Waals surface area contributed by atoms with Crippen molar-refractivity contribution in [2.75, 3.05) is 20.2 Å². The number of ether oxygens (including phenoxy) is 1. The van der Waals surface area contributed by atoms with E-state index in [1.807, 2.05) is 7.05 Å². The normalized spacial score (nSPS) is 26.0. The summed E-state index contributed by atoms with van der Waals surface area (Å²) in [5.74, 6) is -0.487. The molecule has 1 heterocycles. The van der Waals surface area contributed by atoms with Crippen molar-refractivity contribution < 1.29 is 18.7 Å². The molecule has 3 rings (SSSR count). The molecule has 2 fully saturated rings. The summed E-state index contributed by atoms with van der Waals surface area (Å²) in [6.07, 6.45) is 1.42. The maximum absolute atomic E-state index is 13.3. The molecule has 1 aliphatic heterocycles. The Morgan fingerprint density at radius 3 is 2.88 bits per heavy atom. The van der Waals surface area contributed by atoms with Crippen LogP contribution in [0.1, 0.15) is 37.0 Å². The number of carbonyl (C=O) groups is 2. The molecule has 1 aromatic rings. The summed E-state index contributed by atoms with van der Waals surface area (Å²) in [4.78, 5) is 26.5. The van der Waals surface area contributed by atoms with Crippen LogP contribution in [0, 0.1) is 17.2 Å². The highest BCUT2D eigenvalue weighted by Crippen LogP contribution is 2.54. The van der Waals surface area contributed by atoms with Crippen LogP contribution in [0.15, 0.2) is 22.7 Å². The first kappa shape index (κ1) is 19.3. The standard InChI is InChI=1S/C19H24BrFN2O3/c1-19(2)16(12-7-9-26-17(12)19)23(3)15(24)6-8-22-18(25)13-10-11(21)4-5-14(13)20/h4-5,10,12,16-17H,6-9H2,1-3H3,(H,22,25)/t12-,16+,17+/m0/s1. The Morgan fingerprint density at radius 2 is 2.15 bits per heavy atom. The van der Waals surface area contributed by atoms with Crippen molar-refractivity contribution in [2.24, 2.45) is 11.3 Å². The summed E-state index contributed by atoms with van der Waals surface area (Å²) in [6, 6.07) is 4.10. The van der Waals surface area contributed by atoms with Gasteiger partial charge < -0.3 is 15.0 Å². The summed E-state index contributed by atoms with van der Waals surface area (Å²) >= 11 is 3.24. The van der Waals surface area contributed by atoms with Crippen molar-refractivity contribution in [3.05, 3.63) is 34.1 Å². The van der Waals surface area contributed by atoms with Gasteiger partial charge in [0.15, 0.2) is 0 Å². The van der Waals surface area contributed by atoms with Crippen molar-refractivity contribution in [2.45, 2.75) is 38.8 Å². The van der Waals surface area contributed by atoms with Crippen LogP contribution in [0.2, 0.25) is 0 Å². The first-order valence-electron chi connectivity index (χ1n) is 8.84. The van der Waals surface area contributed by atoms with Gasteiger partial charge in [0.2, 0.25) is 5.91 Å². The second-order valence-corrected chi connectivity index (χ2v) is 8.50. The number of nitrogens with zero attached hydrogens (tertiary/aromatic N) is 1. The van der Waals surface area contributed by atoms with E-state index in [4.69, 9.17) is 4.74 Å². The van der Waals surface area contributed by atoms with Crippen LogP contribution in [0.4, 0.5) is 4.39 Å². The molecule has 0 aromatic heterocycles. The van der Waals surface area contributed by atoms with E-state index in [1.165, 1.54) is 18.2 Å². The van der Waals surface area contributed by atoms with E-state index in [1.54, 1.807) is 4.90 Å². The van der Waals surface area contributed by atoms with Crippen LogP contribution in [0.25, 0.3) is 0 Å². The minimum Gasteiger partial charge on any atom is -0.377 e. The maximum atomic E-state index is 13.3. The molecule has 5 nitrogen and oxygen atoms in total. The molecule has 1 N–H and O–H groups in total. The molecule has 0 bridgehead atoms. The SMILES string of the molecule is CN(C(=O)CCNC(=O)c1cc(F)ccc1Br)[C@@H]1[C@@H]2CCO[C@H]2C1(C)C. The molecule has 0 spiro atoms. The number of halogens is 2. The van der Waals surface area contributed by atoms with Gasteiger partial charge in [-0.15, -0.1) is 0 Å². The highest BCUT2D eigenvalue weighted by Gasteiger charge is 2.61. The van der Waals surface area contributed by atoms with Gasteiger partial charge in [0, 0.05) is 48.5 Å². The largest absolute Gasteiger partial charge is 0.377 e. The maximum Gasteiger partial charge on any atom is 0.252 e. The van der Waals surface area contributed by atoms with E-state index in [0.29, 0.717) is 10.4 Å². The van der Waals surface area contributed by atoms with Crippen LogP contribution in [0.5, 0.6) is 0 Å². The van der Waals surface area contributed by atoms with Gasteiger partial charge in [0.1, 0.15) is 5.82 Å². The zero-order chi connectivity index (χ0) is 19.1. The van der Waals surface area contributed by atoms with E-state index in [9.17, 15) is 14.0 Å². The fraction of sp³-hybridized carbons (Fsp3) is 0.579. The minimum absolute atomic E-state index is 0.00738. The third-order valence-electron chi connectivity index (χ3n) is 5.65. The van der Waals surface area contributed by atoms with Crippen molar-refractivity contribution in [1.82, 2.24) is 10.2 Å². The molecule has 142 valence electrons. The minimum atomic E-state index is -0.477. The second kappa shape index (κ2) is 7.27. The van der Waals surface area contributed by atoms with E-state index in [-0.39, 0.29) is 42.0 Å². The Kier molecular flexibility index (Phi) is 5.40. The van der Waals surface area contributed by atoms with Crippen molar-refractivity contribution in [3.63, 3.8) is 0 Å². The van der Waals surface area contributed by atoms with Gasteiger partial charge in [-0.25, -0.2) is 4.39 Å².